The molecule has 2 aromatic rings. The number of carbonyl (C=O) groups excluding carboxylic acids is 4. The Hall–Kier alpha value is -3.54. The number of oxime groups is 1. The van der Waals surface area contributed by atoms with Crippen LogP contribution in [0.1, 0.15) is 48.4 Å². The molecule has 36 heavy (non-hydrogen) atoms. The van der Waals surface area contributed by atoms with Crippen LogP contribution >= 0.6 is 11.8 Å². The van der Waals surface area contributed by atoms with Gasteiger partial charge in [-0.1, -0.05) is 30.8 Å². The molecule has 2 aromatic carbocycles. The summed E-state index contributed by atoms with van der Waals surface area (Å²) in [5.41, 5.74) is 5.27. The van der Waals surface area contributed by atoms with Crippen molar-refractivity contribution in [3.63, 3.8) is 0 Å². The second-order valence-electron chi connectivity index (χ2n) is 6.39. The SMILES string of the molecule is CC.CC(=O)O/N=C(\C)C(=O)c1ccc(Sc2ccc(C(=O)OCC(=O)NCCO)cc2)cc1.CN. The third-order valence-electron chi connectivity index (χ3n) is 3.85. The summed E-state index contributed by atoms with van der Waals surface area (Å²) >= 11 is 1.43. The number of aliphatic hydroxyl groups excluding tert-OH is 1. The molecule has 4 N–H and O–H groups in total. The highest BCUT2D eigenvalue weighted by Crippen LogP contribution is 2.28. The predicted molar refractivity (Wildman–Crippen MR) is 138 cm³/mol. The Morgan fingerprint density at radius 3 is 1.89 bits per heavy atom. The van der Waals surface area contributed by atoms with Crippen molar-refractivity contribution in [2.24, 2.45) is 10.9 Å². The summed E-state index contributed by atoms with van der Waals surface area (Å²) in [5.74, 6) is -2.08. The number of hydrogen-bond donors (Lipinski definition) is 3. The van der Waals surface area contributed by atoms with E-state index in [1.165, 1.54) is 32.7 Å². The fraction of sp³-hybridized carbons (Fsp3) is 0.320. The maximum absolute atomic E-state index is 12.3. The van der Waals surface area contributed by atoms with Gasteiger partial charge in [-0.2, -0.15) is 0 Å². The van der Waals surface area contributed by atoms with E-state index >= 15 is 0 Å². The van der Waals surface area contributed by atoms with Crippen LogP contribution < -0.4 is 11.1 Å². The van der Waals surface area contributed by atoms with Crippen molar-refractivity contribution >= 4 is 41.1 Å². The van der Waals surface area contributed by atoms with Gasteiger partial charge >= 0.3 is 11.9 Å². The van der Waals surface area contributed by atoms with Gasteiger partial charge in [0.15, 0.2) is 6.61 Å². The van der Waals surface area contributed by atoms with Crippen LogP contribution in [0.2, 0.25) is 0 Å². The van der Waals surface area contributed by atoms with Gasteiger partial charge in [-0.25, -0.2) is 9.59 Å². The minimum atomic E-state index is -0.630. The molecule has 0 aliphatic rings. The largest absolute Gasteiger partial charge is 0.452 e. The van der Waals surface area contributed by atoms with Crippen molar-refractivity contribution in [3.8, 4) is 0 Å². The highest BCUT2D eigenvalue weighted by Gasteiger charge is 2.12. The van der Waals surface area contributed by atoms with Gasteiger partial charge in [-0.05, 0) is 62.5 Å². The second kappa shape index (κ2) is 18.7. The average molecular weight is 520 g/mol. The lowest BCUT2D eigenvalue weighted by Crippen LogP contribution is -2.30. The van der Waals surface area contributed by atoms with Crippen LogP contribution in [0.15, 0.2) is 63.5 Å². The van der Waals surface area contributed by atoms with Gasteiger partial charge in [0.05, 0.1) is 12.2 Å². The lowest BCUT2D eigenvalue weighted by molar-refractivity contribution is -0.140. The van der Waals surface area contributed by atoms with E-state index in [-0.39, 0.29) is 24.6 Å². The number of ether oxygens (including phenoxy) is 1. The minimum absolute atomic E-state index is 0.0638. The van der Waals surface area contributed by atoms with Crippen molar-refractivity contribution in [1.82, 2.24) is 5.32 Å². The highest BCUT2D eigenvalue weighted by molar-refractivity contribution is 7.99. The topological polar surface area (TPSA) is 157 Å². The van der Waals surface area contributed by atoms with E-state index in [4.69, 9.17) is 9.84 Å². The first kappa shape index (κ1) is 32.5. The minimum Gasteiger partial charge on any atom is -0.452 e. The van der Waals surface area contributed by atoms with E-state index in [1.54, 1.807) is 48.5 Å². The zero-order valence-corrected chi connectivity index (χ0v) is 21.9. The lowest BCUT2D eigenvalue weighted by Gasteiger charge is -2.07. The summed E-state index contributed by atoms with van der Waals surface area (Å²) in [6, 6.07) is 13.5. The molecule has 0 unspecified atom stereocenters. The van der Waals surface area contributed by atoms with Crippen LogP contribution in [0.25, 0.3) is 0 Å². The first-order chi connectivity index (χ1) is 17.3. The summed E-state index contributed by atoms with van der Waals surface area (Å²) in [5, 5.41) is 14.5. The van der Waals surface area contributed by atoms with Gasteiger partial charge in [0.1, 0.15) is 5.71 Å². The maximum atomic E-state index is 12.3. The third kappa shape index (κ3) is 12.2. The first-order valence-corrected chi connectivity index (χ1v) is 11.9. The molecule has 0 radical (unpaired) electrons. The summed E-state index contributed by atoms with van der Waals surface area (Å²) < 4.78 is 4.92. The lowest BCUT2D eigenvalue weighted by atomic mass is 10.1. The number of aliphatic hydroxyl groups is 1. The molecule has 196 valence electrons. The van der Waals surface area contributed by atoms with Crippen LogP contribution in [-0.4, -0.2) is 61.3 Å². The molecular weight excluding hydrogens is 486 g/mol. The molecule has 0 saturated heterocycles. The van der Waals surface area contributed by atoms with Crippen molar-refractivity contribution < 1.29 is 33.9 Å². The summed E-state index contributed by atoms with van der Waals surface area (Å²) in [6.45, 7) is 6.14. The summed E-state index contributed by atoms with van der Waals surface area (Å²) in [6.07, 6.45) is 0. The molecule has 0 heterocycles. The average Bonchev–Trinajstić information content (AvgIpc) is 2.91. The fourth-order valence-corrected chi connectivity index (χ4v) is 3.13. The number of ketones is 1. The van der Waals surface area contributed by atoms with Crippen molar-refractivity contribution in [2.75, 3.05) is 26.8 Å². The van der Waals surface area contributed by atoms with E-state index in [2.05, 4.69) is 21.0 Å². The zero-order valence-electron chi connectivity index (χ0n) is 21.1. The molecule has 0 aromatic heterocycles. The number of rotatable bonds is 10. The molecule has 2 rings (SSSR count). The monoisotopic (exact) mass is 519 g/mol. The Balaban J connectivity index is 0.00000291. The van der Waals surface area contributed by atoms with Gasteiger partial charge in [0, 0.05) is 28.8 Å². The standard InChI is InChI=1S/C22H22N2O7S.C2H6.CH5N/c1-14(24-31-15(2)26)21(28)16-3-7-18(8-4-16)32-19-9-5-17(6-10-19)22(29)30-13-20(27)23-11-12-25;2*1-2/h3-10,25H,11-13H2,1-2H3,(H,23,27);1-2H3;2H2,1H3/b24-14+;;. The Morgan fingerprint density at radius 2 is 1.42 bits per heavy atom. The van der Waals surface area contributed by atoms with Crippen LogP contribution in [0.3, 0.4) is 0 Å². The molecule has 0 saturated carbocycles. The fourth-order valence-electron chi connectivity index (χ4n) is 2.31. The number of Topliss-reactive ketones (excluding diaryl/α,β-unsaturated/α-hetero) is 1. The number of nitrogens with one attached hydrogen (secondary N) is 1. The number of benzene rings is 2. The quantitative estimate of drug-likeness (QED) is 0.141. The summed E-state index contributed by atoms with van der Waals surface area (Å²) in [7, 11) is 1.50. The van der Waals surface area contributed by atoms with Crippen molar-refractivity contribution in [2.45, 2.75) is 37.5 Å². The number of carbonyl (C=O) groups is 4. The molecule has 0 aliphatic carbocycles. The zero-order chi connectivity index (χ0) is 27.5. The van der Waals surface area contributed by atoms with Crippen LogP contribution in [0.4, 0.5) is 0 Å². The molecule has 0 atom stereocenters. The molecule has 0 spiro atoms. The Kier molecular flexibility index (Phi) is 16.9. The van der Waals surface area contributed by atoms with Crippen molar-refractivity contribution in [3.05, 3.63) is 59.7 Å². The van der Waals surface area contributed by atoms with E-state index in [1.807, 2.05) is 13.8 Å². The maximum Gasteiger partial charge on any atom is 0.338 e. The van der Waals surface area contributed by atoms with Gasteiger partial charge in [-0.3, -0.25) is 9.59 Å². The molecule has 0 aliphatic heterocycles. The molecule has 1 amide bonds. The normalized spacial score (nSPS) is 10.0. The van der Waals surface area contributed by atoms with Crippen LogP contribution in [0, 0.1) is 0 Å². The number of amides is 1. The van der Waals surface area contributed by atoms with Gasteiger partial charge in [0.2, 0.25) is 5.78 Å². The Labute approximate surface area is 215 Å². The van der Waals surface area contributed by atoms with Gasteiger partial charge in [-0.15, -0.1) is 0 Å². The molecule has 11 heteroatoms. The second-order valence-corrected chi connectivity index (χ2v) is 7.54. The number of hydrogen-bond acceptors (Lipinski definition) is 10. The number of esters is 1. The van der Waals surface area contributed by atoms with Crippen LogP contribution in [-0.2, 0) is 19.2 Å². The first-order valence-electron chi connectivity index (χ1n) is 11.1. The number of nitrogens with two attached hydrogens (primary N) is 1. The van der Waals surface area contributed by atoms with E-state index in [9.17, 15) is 19.2 Å². The third-order valence-corrected chi connectivity index (χ3v) is 4.87. The number of nitrogens with zero attached hydrogens (tertiary/aromatic N) is 1. The van der Waals surface area contributed by atoms with Gasteiger partial charge < -0.3 is 25.7 Å². The van der Waals surface area contributed by atoms with Crippen molar-refractivity contribution in [1.29, 1.82) is 0 Å². The van der Waals surface area contributed by atoms with E-state index in [0.717, 1.165) is 9.79 Å². The van der Waals surface area contributed by atoms with E-state index in [0.29, 0.717) is 11.1 Å². The highest BCUT2D eigenvalue weighted by atomic mass is 32.2. The van der Waals surface area contributed by atoms with E-state index < -0.39 is 24.5 Å². The molecule has 10 nitrogen and oxygen atoms in total. The predicted octanol–water partition coefficient (Wildman–Crippen LogP) is 2.83. The van der Waals surface area contributed by atoms with Gasteiger partial charge in [0.25, 0.3) is 5.91 Å². The molecule has 0 fully saturated rings. The summed E-state index contributed by atoms with van der Waals surface area (Å²) in [4.78, 5) is 52.7. The van der Waals surface area contributed by atoms with Crippen LogP contribution in [0.5, 0.6) is 0 Å². The Bertz CT molecular complexity index is 1010. The Morgan fingerprint density at radius 1 is 0.917 bits per heavy atom. The smallest absolute Gasteiger partial charge is 0.338 e. The molecule has 0 bridgehead atoms. The molecular formula is C25H33N3O7S.